The average molecular weight is 328 g/mol. The Morgan fingerprint density at radius 2 is 2.04 bits per heavy atom. The van der Waals surface area contributed by atoms with Gasteiger partial charge in [0.2, 0.25) is 0 Å². The summed E-state index contributed by atoms with van der Waals surface area (Å²) in [5.74, 6) is 2.00. The molecule has 2 aromatic rings. The van der Waals surface area contributed by atoms with Gasteiger partial charge in [0.05, 0.1) is 19.4 Å². The molecule has 0 aliphatic carbocycles. The van der Waals surface area contributed by atoms with Crippen molar-refractivity contribution in [1.82, 2.24) is 10.2 Å². The van der Waals surface area contributed by atoms with E-state index in [1.54, 1.807) is 13.4 Å². The standard InChI is InChI=1S/C20H28N2O2/c1-16-8-9-19(23-2)17(13-16)14-21-15-18(20-7-6-12-24-20)22-10-4-3-5-11-22/h6-9,12-13,18,21H,3-5,10-11,14-15H2,1-2H3. The Morgan fingerprint density at radius 3 is 2.75 bits per heavy atom. The van der Waals surface area contributed by atoms with Crippen LogP contribution >= 0.6 is 0 Å². The Labute approximate surface area is 144 Å². The molecule has 1 fully saturated rings. The van der Waals surface area contributed by atoms with Gasteiger partial charge in [0, 0.05) is 18.7 Å². The Kier molecular flexibility index (Phi) is 5.94. The number of piperidine rings is 1. The summed E-state index contributed by atoms with van der Waals surface area (Å²) < 4.78 is 11.2. The molecule has 1 atom stereocenters. The van der Waals surface area contributed by atoms with E-state index in [2.05, 4.69) is 35.3 Å². The van der Waals surface area contributed by atoms with Gasteiger partial charge >= 0.3 is 0 Å². The number of nitrogens with zero attached hydrogens (tertiary/aromatic N) is 1. The van der Waals surface area contributed by atoms with Crippen LogP contribution in [0.4, 0.5) is 0 Å². The molecule has 0 radical (unpaired) electrons. The van der Waals surface area contributed by atoms with E-state index in [0.717, 1.165) is 37.7 Å². The summed E-state index contributed by atoms with van der Waals surface area (Å²) in [7, 11) is 1.73. The molecule has 1 aliphatic rings. The second-order valence-corrected chi connectivity index (χ2v) is 6.57. The van der Waals surface area contributed by atoms with Crippen molar-refractivity contribution in [3.63, 3.8) is 0 Å². The number of hydrogen-bond acceptors (Lipinski definition) is 4. The molecule has 4 nitrogen and oxygen atoms in total. The fourth-order valence-electron chi connectivity index (χ4n) is 3.51. The van der Waals surface area contributed by atoms with Crippen LogP contribution in [0.25, 0.3) is 0 Å². The molecule has 1 saturated heterocycles. The van der Waals surface area contributed by atoms with Crippen molar-refractivity contribution in [2.75, 3.05) is 26.7 Å². The van der Waals surface area contributed by atoms with Crippen molar-refractivity contribution < 1.29 is 9.15 Å². The van der Waals surface area contributed by atoms with Gasteiger partial charge in [-0.3, -0.25) is 4.90 Å². The van der Waals surface area contributed by atoms with E-state index in [-0.39, 0.29) is 0 Å². The zero-order chi connectivity index (χ0) is 16.8. The summed E-state index contributed by atoms with van der Waals surface area (Å²) in [5, 5.41) is 3.61. The minimum atomic E-state index is 0.302. The van der Waals surface area contributed by atoms with Gasteiger partial charge in [-0.05, 0) is 51.1 Å². The van der Waals surface area contributed by atoms with E-state index in [9.17, 15) is 0 Å². The molecule has 2 heterocycles. The summed E-state index contributed by atoms with van der Waals surface area (Å²) >= 11 is 0. The summed E-state index contributed by atoms with van der Waals surface area (Å²) in [6, 6.07) is 10.7. The highest BCUT2D eigenvalue weighted by atomic mass is 16.5. The van der Waals surface area contributed by atoms with Crippen LogP contribution in [0.15, 0.2) is 41.0 Å². The van der Waals surface area contributed by atoms with Gasteiger partial charge in [-0.2, -0.15) is 0 Å². The van der Waals surface area contributed by atoms with E-state index in [4.69, 9.17) is 9.15 Å². The zero-order valence-corrected chi connectivity index (χ0v) is 14.8. The third kappa shape index (κ3) is 4.19. The minimum Gasteiger partial charge on any atom is -0.496 e. The van der Waals surface area contributed by atoms with E-state index >= 15 is 0 Å². The Balaban J connectivity index is 1.64. The number of furan rings is 1. The Bertz CT molecular complexity index is 619. The van der Waals surface area contributed by atoms with Crippen molar-refractivity contribution in [2.24, 2.45) is 0 Å². The van der Waals surface area contributed by atoms with E-state index < -0.39 is 0 Å². The number of methoxy groups -OCH3 is 1. The first-order valence-electron chi connectivity index (χ1n) is 8.89. The smallest absolute Gasteiger partial charge is 0.123 e. The lowest BCUT2D eigenvalue weighted by Gasteiger charge is -2.33. The van der Waals surface area contributed by atoms with Crippen molar-refractivity contribution in [1.29, 1.82) is 0 Å². The lowest BCUT2D eigenvalue weighted by molar-refractivity contribution is 0.142. The quantitative estimate of drug-likeness (QED) is 0.836. The molecule has 4 heteroatoms. The fraction of sp³-hybridized carbons (Fsp3) is 0.500. The lowest BCUT2D eigenvalue weighted by Crippen LogP contribution is -2.38. The van der Waals surface area contributed by atoms with Crippen molar-refractivity contribution in [3.8, 4) is 5.75 Å². The number of nitrogens with one attached hydrogen (secondary N) is 1. The molecule has 1 aromatic heterocycles. The van der Waals surface area contributed by atoms with Crippen LogP contribution in [0, 0.1) is 6.92 Å². The first-order chi connectivity index (χ1) is 11.8. The van der Waals surface area contributed by atoms with Gasteiger partial charge in [0.25, 0.3) is 0 Å². The maximum Gasteiger partial charge on any atom is 0.123 e. The highest BCUT2D eigenvalue weighted by Gasteiger charge is 2.24. The number of hydrogen-bond donors (Lipinski definition) is 1. The van der Waals surface area contributed by atoms with Crippen LogP contribution in [-0.2, 0) is 6.54 Å². The third-order valence-corrected chi connectivity index (χ3v) is 4.79. The molecular weight excluding hydrogens is 300 g/mol. The zero-order valence-electron chi connectivity index (χ0n) is 14.8. The van der Waals surface area contributed by atoms with E-state index in [1.807, 2.05) is 12.1 Å². The largest absolute Gasteiger partial charge is 0.496 e. The van der Waals surface area contributed by atoms with Crippen LogP contribution in [0.2, 0.25) is 0 Å². The van der Waals surface area contributed by atoms with Crippen LogP contribution in [-0.4, -0.2) is 31.6 Å². The minimum absolute atomic E-state index is 0.302. The van der Waals surface area contributed by atoms with Gasteiger partial charge in [-0.15, -0.1) is 0 Å². The van der Waals surface area contributed by atoms with Crippen molar-refractivity contribution in [2.45, 2.75) is 38.8 Å². The molecule has 0 bridgehead atoms. The van der Waals surface area contributed by atoms with Crippen LogP contribution in [0.1, 0.15) is 42.2 Å². The topological polar surface area (TPSA) is 37.6 Å². The molecule has 3 rings (SSSR count). The maximum absolute atomic E-state index is 5.71. The predicted octanol–water partition coefficient (Wildman–Crippen LogP) is 3.91. The summed E-state index contributed by atoms with van der Waals surface area (Å²) in [5.41, 5.74) is 2.46. The fourth-order valence-corrected chi connectivity index (χ4v) is 3.51. The van der Waals surface area contributed by atoms with Crippen molar-refractivity contribution in [3.05, 3.63) is 53.5 Å². The molecule has 1 aliphatic heterocycles. The number of benzene rings is 1. The molecule has 0 amide bonds. The lowest BCUT2D eigenvalue weighted by atomic mass is 10.1. The summed E-state index contributed by atoms with van der Waals surface area (Å²) in [6.07, 6.45) is 5.68. The molecule has 24 heavy (non-hydrogen) atoms. The highest BCUT2D eigenvalue weighted by Crippen LogP contribution is 2.25. The SMILES string of the molecule is COc1ccc(C)cc1CNCC(c1ccco1)N1CCCCC1. The monoisotopic (exact) mass is 328 g/mol. The van der Waals surface area contributed by atoms with E-state index in [1.165, 1.54) is 30.4 Å². The third-order valence-electron chi connectivity index (χ3n) is 4.79. The van der Waals surface area contributed by atoms with E-state index in [0.29, 0.717) is 6.04 Å². The van der Waals surface area contributed by atoms with Crippen LogP contribution in [0.3, 0.4) is 0 Å². The highest BCUT2D eigenvalue weighted by molar-refractivity contribution is 5.36. The van der Waals surface area contributed by atoms with Gasteiger partial charge in [0.15, 0.2) is 0 Å². The molecular formula is C20H28N2O2. The second-order valence-electron chi connectivity index (χ2n) is 6.57. The molecule has 130 valence electrons. The Hall–Kier alpha value is -1.78. The number of likely N-dealkylation sites (tertiary alicyclic amines) is 1. The molecule has 1 unspecified atom stereocenters. The summed E-state index contributed by atoms with van der Waals surface area (Å²) in [6.45, 7) is 6.10. The molecule has 0 saturated carbocycles. The normalized spacial score (nSPS) is 16.9. The predicted molar refractivity (Wildman–Crippen MR) is 96.3 cm³/mol. The van der Waals surface area contributed by atoms with Crippen LogP contribution < -0.4 is 10.1 Å². The van der Waals surface area contributed by atoms with Crippen molar-refractivity contribution >= 4 is 0 Å². The number of aryl methyl sites for hydroxylation is 1. The Morgan fingerprint density at radius 1 is 1.21 bits per heavy atom. The number of ether oxygens (including phenoxy) is 1. The number of rotatable bonds is 7. The maximum atomic E-state index is 5.71. The molecule has 1 aromatic carbocycles. The first-order valence-corrected chi connectivity index (χ1v) is 8.89. The first kappa shape index (κ1) is 17.1. The average Bonchev–Trinajstić information content (AvgIpc) is 3.14. The van der Waals surface area contributed by atoms with Gasteiger partial charge in [-0.25, -0.2) is 0 Å². The van der Waals surface area contributed by atoms with Gasteiger partial charge in [0.1, 0.15) is 11.5 Å². The molecule has 0 spiro atoms. The summed E-state index contributed by atoms with van der Waals surface area (Å²) in [4.78, 5) is 2.54. The van der Waals surface area contributed by atoms with Gasteiger partial charge < -0.3 is 14.5 Å². The van der Waals surface area contributed by atoms with Crippen LogP contribution in [0.5, 0.6) is 5.75 Å². The second kappa shape index (κ2) is 8.36. The molecule has 1 N–H and O–H groups in total. The van der Waals surface area contributed by atoms with Gasteiger partial charge in [-0.1, -0.05) is 24.1 Å².